The van der Waals surface area contributed by atoms with E-state index < -0.39 is 0 Å². The Balaban J connectivity index is 2.62. The van der Waals surface area contributed by atoms with Crippen LogP contribution in [-0.4, -0.2) is 29.3 Å². The van der Waals surface area contributed by atoms with Gasteiger partial charge in [0.2, 0.25) is 0 Å². The highest BCUT2D eigenvalue weighted by Crippen LogP contribution is 2.16. The Morgan fingerprint density at radius 1 is 1.05 bits per heavy atom. The third kappa shape index (κ3) is 5.80. The molecular weight excluding hydrogens is 266 g/mol. The summed E-state index contributed by atoms with van der Waals surface area (Å²) in [5, 5.41) is 3.53. The van der Waals surface area contributed by atoms with Crippen molar-refractivity contribution in [2.45, 2.75) is 46.8 Å². The highest BCUT2D eigenvalue weighted by Gasteiger charge is 2.12. The molecule has 20 heavy (non-hydrogen) atoms. The Morgan fingerprint density at radius 2 is 1.65 bits per heavy atom. The highest BCUT2D eigenvalue weighted by molar-refractivity contribution is 7.97. The molecule has 3 nitrogen and oxygen atoms in total. The zero-order valence-corrected chi connectivity index (χ0v) is 14.6. The summed E-state index contributed by atoms with van der Waals surface area (Å²) in [5.41, 5.74) is 3.63. The lowest BCUT2D eigenvalue weighted by Gasteiger charge is -2.17. The normalized spacial score (nSPS) is 12.9. The van der Waals surface area contributed by atoms with Crippen LogP contribution in [0.3, 0.4) is 0 Å². The van der Waals surface area contributed by atoms with E-state index in [0.717, 1.165) is 42.5 Å². The van der Waals surface area contributed by atoms with Gasteiger partial charge in [0.05, 0.1) is 5.75 Å². The molecule has 1 N–H and O–H groups in total. The van der Waals surface area contributed by atoms with Crippen molar-refractivity contribution < 1.29 is 0 Å². The molecule has 1 aromatic heterocycles. The van der Waals surface area contributed by atoms with Gasteiger partial charge in [-0.3, -0.25) is 0 Å². The van der Waals surface area contributed by atoms with Gasteiger partial charge in [-0.15, -0.1) is 0 Å². The van der Waals surface area contributed by atoms with Crippen LogP contribution in [0.4, 0.5) is 0 Å². The first-order valence-electron chi connectivity index (χ1n) is 7.46. The maximum Gasteiger partial charge on any atom is 0.138 e. The average Bonchev–Trinajstić information content (AvgIpc) is 2.34. The number of thioether (sulfide) groups is 1. The second-order valence-electron chi connectivity index (χ2n) is 6.08. The van der Waals surface area contributed by atoms with Gasteiger partial charge in [0.1, 0.15) is 5.82 Å². The molecule has 0 spiro atoms. The minimum Gasteiger partial charge on any atom is -0.316 e. The summed E-state index contributed by atoms with van der Waals surface area (Å²) in [6.07, 6.45) is 3.15. The van der Waals surface area contributed by atoms with E-state index in [4.69, 9.17) is 0 Å². The smallest absolute Gasteiger partial charge is 0.138 e. The number of aromatic nitrogens is 2. The van der Waals surface area contributed by atoms with E-state index in [-0.39, 0.29) is 0 Å². The zero-order chi connectivity index (χ0) is 15.1. The Morgan fingerprint density at radius 3 is 2.15 bits per heavy atom. The van der Waals surface area contributed by atoms with Gasteiger partial charge in [0.25, 0.3) is 0 Å². The number of hydrogen-bond donors (Lipinski definition) is 1. The monoisotopic (exact) mass is 295 g/mol. The second-order valence-corrected chi connectivity index (χ2v) is 6.95. The molecule has 1 heterocycles. The molecule has 0 fully saturated rings. The summed E-state index contributed by atoms with van der Waals surface area (Å²) in [5.74, 6) is 3.18. The van der Waals surface area contributed by atoms with Crippen molar-refractivity contribution in [1.29, 1.82) is 0 Å². The molecule has 0 saturated carbocycles. The van der Waals surface area contributed by atoms with E-state index in [0.29, 0.717) is 11.8 Å². The Hall–Kier alpha value is -0.610. The van der Waals surface area contributed by atoms with E-state index in [1.54, 1.807) is 11.8 Å². The minimum absolute atomic E-state index is 0.612. The maximum atomic E-state index is 4.63. The first kappa shape index (κ1) is 17.4. The van der Waals surface area contributed by atoms with Crippen LogP contribution in [0, 0.1) is 25.7 Å². The largest absolute Gasteiger partial charge is 0.316 e. The molecule has 1 unspecified atom stereocenters. The molecule has 114 valence electrons. The van der Waals surface area contributed by atoms with Gasteiger partial charge in [0.15, 0.2) is 0 Å². The number of nitrogens with zero attached hydrogens (tertiary/aromatic N) is 2. The van der Waals surface area contributed by atoms with E-state index in [2.05, 4.69) is 56.2 Å². The number of aryl methyl sites for hydroxylation is 2. The fourth-order valence-electron chi connectivity index (χ4n) is 2.34. The van der Waals surface area contributed by atoms with E-state index in [1.165, 1.54) is 5.56 Å². The first-order valence-corrected chi connectivity index (χ1v) is 8.86. The van der Waals surface area contributed by atoms with Gasteiger partial charge in [-0.25, -0.2) is 9.97 Å². The van der Waals surface area contributed by atoms with Crippen LogP contribution in [0.2, 0.25) is 0 Å². The predicted molar refractivity (Wildman–Crippen MR) is 89.3 cm³/mol. The van der Waals surface area contributed by atoms with Gasteiger partial charge in [-0.2, -0.15) is 11.8 Å². The molecule has 1 rings (SSSR count). The number of hydrogen-bond acceptors (Lipinski definition) is 4. The van der Waals surface area contributed by atoms with Gasteiger partial charge in [0, 0.05) is 11.4 Å². The fraction of sp³-hybridized carbons (Fsp3) is 0.750. The number of nitrogens with one attached hydrogen (secondary N) is 1. The lowest BCUT2D eigenvalue weighted by molar-refractivity contribution is 0.471. The molecule has 0 amide bonds. The molecule has 0 aliphatic heterocycles. The SMILES string of the molecule is CSCc1nc(C)c(CC(C)CNCC(C)C)c(C)n1. The lowest BCUT2D eigenvalue weighted by atomic mass is 9.98. The molecule has 4 heteroatoms. The van der Waals surface area contributed by atoms with Crippen molar-refractivity contribution >= 4 is 11.8 Å². The quantitative estimate of drug-likeness (QED) is 0.798. The topological polar surface area (TPSA) is 37.8 Å². The summed E-state index contributed by atoms with van der Waals surface area (Å²) in [6, 6.07) is 0. The molecule has 1 atom stereocenters. The summed E-state index contributed by atoms with van der Waals surface area (Å²) in [4.78, 5) is 9.27. The van der Waals surface area contributed by atoms with Crippen LogP contribution >= 0.6 is 11.8 Å². The second kappa shape index (κ2) is 8.63. The molecule has 0 aromatic carbocycles. The van der Waals surface area contributed by atoms with Crippen molar-refractivity contribution in [3.05, 3.63) is 22.8 Å². The minimum atomic E-state index is 0.612. The van der Waals surface area contributed by atoms with Gasteiger partial charge in [-0.1, -0.05) is 20.8 Å². The molecule has 0 radical (unpaired) electrons. The van der Waals surface area contributed by atoms with Crippen LogP contribution in [0.15, 0.2) is 0 Å². The van der Waals surface area contributed by atoms with Crippen molar-refractivity contribution in [3.63, 3.8) is 0 Å². The summed E-state index contributed by atoms with van der Waals surface area (Å²) < 4.78 is 0. The molecule has 0 aliphatic carbocycles. The molecule has 0 aliphatic rings. The van der Waals surface area contributed by atoms with E-state index in [1.807, 2.05) is 0 Å². The fourth-order valence-corrected chi connectivity index (χ4v) is 2.72. The van der Waals surface area contributed by atoms with Crippen molar-refractivity contribution in [2.75, 3.05) is 19.3 Å². The Kier molecular flexibility index (Phi) is 7.52. The molecule has 1 aromatic rings. The zero-order valence-electron chi connectivity index (χ0n) is 13.8. The van der Waals surface area contributed by atoms with Crippen LogP contribution in [-0.2, 0) is 12.2 Å². The van der Waals surface area contributed by atoms with Crippen molar-refractivity contribution in [1.82, 2.24) is 15.3 Å². The van der Waals surface area contributed by atoms with E-state index >= 15 is 0 Å². The van der Waals surface area contributed by atoms with Crippen LogP contribution in [0.1, 0.15) is 43.5 Å². The molecule has 0 bridgehead atoms. The van der Waals surface area contributed by atoms with Crippen molar-refractivity contribution in [3.8, 4) is 0 Å². The number of rotatable bonds is 8. The van der Waals surface area contributed by atoms with Crippen LogP contribution in [0.25, 0.3) is 0 Å². The lowest BCUT2D eigenvalue weighted by Crippen LogP contribution is -2.26. The summed E-state index contributed by atoms with van der Waals surface area (Å²) >= 11 is 1.77. The highest BCUT2D eigenvalue weighted by atomic mass is 32.2. The predicted octanol–water partition coefficient (Wildman–Crippen LogP) is 3.38. The van der Waals surface area contributed by atoms with Crippen LogP contribution < -0.4 is 5.32 Å². The third-order valence-electron chi connectivity index (χ3n) is 3.34. The van der Waals surface area contributed by atoms with Gasteiger partial charge in [-0.05, 0) is 57.0 Å². The Labute approximate surface area is 128 Å². The average molecular weight is 295 g/mol. The van der Waals surface area contributed by atoms with Gasteiger partial charge < -0.3 is 5.32 Å². The van der Waals surface area contributed by atoms with Crippen LogP contribution in [0.5, 0.6) is 0 Å². The summed E-state index contributed by atoms with van der Waals surface area (Å²) in [7, 11) is 0. The van der Waals surface area contributed by atoms with Gasteiger partial charge >= 0.3 is 0 Å². The summed E-state index contributed by atoms with van der Waals surface area (Å²) in [6.45, 7) is 13.1. The first-order chi connectivity index (χ1) is 9.43. The van der Waals surface area contributed by atoms with E-state index in [9.17, 15) is 0 Å². The Bertz CT molecular complexity index is 395. The third-order valence-corrected chi connectivity index (χ3v) is 3.89. The maximum absolute atomic E-state index is 4.63. The standard InChI is InChI=1S/C16H29N3S/c1-11(2)8-17-9-12(3)7-15-13(4)18-16(10-20-6)19-14(15)5/h11-12,17H,7-10H2,1-6H3. The molecule has 0 saturated heterocycles. The molecular formula is C16H29N3S. The van der Waals surface area contributed by atoms with Crippen molar-refractivity contribution in [2.24, 2.45) is 11.8 Å².